The number of carbonyl (C=O) groups excluding carboxylic acids is 4. The summed E-state index contributed by atoms with van der Waals surface area (Å²) in [6.07, 6.45) is 1.36. The number of ether oxygens (including phenoxy) is 1. The van der Waals surface area contributed by atoms with Crippen molar-refractivity contribution in [2.24, 2.45) is 0 Å². The summed E-state index contributed by atoms with van der Waals surface area (Å²) in [6.45, 7) is 2.29. The monoisotopic (exact) mass is 347 g/mol. The van der Waals surface area contributed by atoms with E-state index in [4.69, 9.17) is 4.74 Å². The highest BCUT2D eigenvalue weighted by Gasteiger charge is 2.21. The first-order chi connectivity index (χ1) is 12.0. The zero-order chi connectivity index (χ0) is 18.2. The Bertz CT molecular complexity index is 657. The Kier molecular flexibility index (Phi) is 6.50. The Morgan fingerprint density at radius 2 is 1.84 bits per heavy atom. The number of anilines is 1. The van der Waals surface area contributed by atoms with Crippen molar-refractivity contribution < 1.29 is 23.9 Å². The third kappa shape index (κ3) is 5.30. The number of carbonyl (C=O) groups is 4. The number of esters is 1. The molecular weight excluding hydrogens is 326 g/mol. The Hall–Kier alpha value is -2.90. The molecule has 0 saturated carbocycles. The van der Waals surface area contributed by atoms with Crippen molar-refractivity contribution in [2.75, 3.05) is 31.1 Å². The summed E-state index contributed by atoms with van der Waals surface area (Å²) in [6, 6.07) is 6.45. The van der Waals surface area contributed by atoms with Crippen molar-refractivity contribution in [1.29, 1.82) is 0 Å². The van der Waals surface area contributed by atoms with E-state index in [2.05, 4.69) is 10.6 Å². The van der Waals surface area contributed by atoms with E-state index >= 15 is 0 Å². The van der Waals surface area contributed by atoms with Gasteiger partial charge in [-0.25, -0.2) is 4.79 Å². The molecule has 0 radical (unpaired) electrons. The van der Waals surface area contributed by atoms with E-state index in [1.165, 1.54) is 0 Å². The van der Waals surface area contributed by atoms with Crippen LogP contribution in [0.3, 0.4) is 0 Å². The maximum atomic E-state index is 11.9. The molecule has 1 fully saturated rings. The van der Waals surface area contributed by atoms with Crippen LogP contribution in [0.1, 0.15) is 30.1 Å². The van der Waals surface area contributed by atoms with Gasteiger partial charge < -0.3 is 20.3 Å². The maximum Gasteiger partial charge on any atom is 0.338 e. The molecule has 1 aliphatic heterocycles. The second-order valence-corrected chi connectivity index (χ2v) is 5.50. The highest BCUT2D eigenvalue weighted by atomic mass is 16.5. The smallest absolute Gasteiger partial charge is 0.338 e. The van der Waals surface area contributed by atoms with E-state index in [0.29, 0.717) is 19.5 Å². The molecular formula is C17H21N3O5. The number of hydrogen-bond acceptors (Lipinski definition) is 5. The van der Waals surface area contributed by atoms with Gasteiger partial charge in [0.25, 0.3) is 5.91 Å². The predicted molar refractivity (Wildman–Crippen MR) is 90.0 cm³/mol. The predicted octanol–water partition coefficient (Wildman–Crippen LogP) is 0.223. The summed E-state index contributed by atoms with van der Waals surface area (Å²) >= 11 is 0. The number of nitrogens with one attached hydrogen (secondary N) is 2. The first-order valence-corrected chi connectivity index (χ1v) is 8.12. The Morgan fingerprint density at radius 3 is 2.44 bits per heavy atom. The fraction of sp³-hybridized carbons (Fsp3) is 0.412. The maximum absolute atomic E-state index is 11.9. The summed E-state index contributed by atoms with van der Waals surface area (Å²) in [7, 11) is 0. The molecule has 1 aliphatic rings. The molecule has 25 heavy (non-hydrogen) atoms. The van der Waals surface area contributed by atoms with Crippen molar-refractivity contribution >= 4 is 29.4 Å². The number of rotatable bonds is 7. The molecule has 0 aliphatic carbocycles. The highest BCUT2D eigenvalue weighted by Crippen LogP contribution is 2.21. The van der Waals surface area contributed by atoms with Gasteiger partial charge in [0.05, 0.1) is 12.1 Å². The summed E-state index contributed by atoms with van der Waals surface area (Å²) in [4.78, 5) is 48.0. The first kappa shape index (κ1) is 18.4. The Labute approximate surface area is 145 Å². The van der Waals surface area contributed by atoms with Crippen LogP contribution in [0, 0.1) is 0 Å². The van der Waals surface area contributed by atoms with Crippen LogP contribution in [0.25, 0.3) is 0 Å². The zero-order valence-electron chi connectivity index (χ0n) is 14.0. The minimum Gasteiger partial charge on any atom is -0.452 e. The molecule has 0 spiro atoms. The Morgan fingerprint density at radius 1 is 1.12 bits per heavy atom. The molecule has 8 nitrogen and oxygen atoms in total. The molecule has 2 rings (SSSR count). The van der Waals surface area contributed by atoms with Crippen LogP contribution in [0.15, 0.2) is 24.3 Å². The van der Waals surface area contributed by atoms with Gasteiger partial charge in [0.1, 0.15) is 0 Å². The van der Waals surface area contributed by atoms with Gasteiger partial charge in [0, 0.05) is 25.2 Å². The van der Waals surface area contributed by atoms with Crippen LogP contribution in [0.2, 0.25) is 0 Å². The molecule has 0 unspecified atom stereocenters. The van der Waals surface area contributed by atoms with Crippen LogP contribution in [-0.4, -0.2) is 49.9 Å². The second kappa shape index (κ2) is 8.81. The number of benzene rings is 1. The summed E-state index contributed by atoms with van der Waals surface area (Å²) < 4.78 is 4.91. The fourth-order valence-electron chi connectivity index (χ4n) is 2.40. The topological polar surface area (TPSA) is 105 Å². The molecule has 3 amide bonds. The van der Waals surface area contributed by atoms with Gasteiger partial charge in [-0.2, -0.15) is 0 Å². The summed E-state index contributed by atoms with van der Waals surface area (Å²) in [5.41, 5.74) is 1.02. The third-order valence-electron chi connectivity index (χ3n) is 3.64. The van der Waals surface area contributed by atoms with Gasteiger partial charge >= 0.3 is 5.97 Å². The van der Waals surface area contributed by atoms with Crippen LogP contribution >= 0.6 is 0 Å². The summed E-state index contributed by atoms with van der Waals surface area (Å²) in [5.74, 6) is -1.44. The van der Waals surface area contributed by atoms with Crippen molar-refractivity contribution in [3.05, 3.63) is 29.8 Å². The number of nitrogens with zero attached hydrogens (tertiary/aromatic N) is 1. The van der Waals surface area contributed by atoms with E-state index in [9.17, 15) is 19.2 Å². The van der Waals surface area contributed by atoms with Gasteiger partial charge in [-0.05, 0) is 37.6 Å². The van der Waals surface area contributed by atoms with Crippen LogP contribution in [0.4, 0.5) is 5.69 Å². The van der Waals surface area contributed by atoms with E-state index in [1.807, 2.05) is 0 Å². The molecule has 2 N–H and O–H groups in total. The normalized spacial score (nSPS) is 13.5. The van der Waals surface area contributed by atoms with Crippen molar-refractivity contribution in [1.82, 2.24) is 10.6 Å². The van der Waals surface area contributed by atoms with Gasteiger partial charge in [0.15, 0.2) is 6.61 Å². The van der Waals surface area contributed by atoms with Gasteiger partial charge in [-0.3, -0.25) is 14.4 Å². The molecule has 0 atom stereocenters. The van der Waals surface area contributed by atoms with Gasteiger partial charge in [-0.15, -0.1) is 0 Å². The Balaban J connectivity index is 1.79. The molecule has 1 aromatic rings. The van der Waals surface area contributed by atoms with E-state index < -0.39 is 18.5 Å². The van der Waals surface area contributed by atoms with Gasteiger partial charge in [-0.1, -0.05) is 0 Å². The molecule has 1 aromatic carbocycles. The lowest BCUT2D eigenvalue weighted by molar-refractivity contribution is -0.127. The number of amides is 3. The third-order valence-corrected chi connectivity index (χ3v) is 3.64. The SMILES string of the molecule is CCNC(=O)CNC(=O)COC(=O)c1ccc(N2CCCC2=O)cc1. The molecule has 134 valence electrons. The van der Waals surface area contributed by atoms with Crippen molar-refractivity contribution in [3.8, 4) is 0 Å². The molecule has 8 heteroatoms. The standard InChI is InChI=1S/C17H21N3O5/c1-2-18-14(21)10-19-15(22)11-25-17(24)12-5-7-13(8-6-12)20-9-3-4-16(20)23/h5-8H,2-4,9-11H2,1H3,(H,18,21)(H,19,22). The molecule has 0 bridgehead atoms. The lowest BCUT2D eigenvalue weighted by Crippen LogP contribution is -2.38. The lowest BCUT2D eigenvalue weighted by Gasteiger charge is -2.15. The van der Waals surface area contributed by atoms with Crippen LogP contribution in [-0.2, 0) is 19.1 Å². The van der Waals surface area contributed by atoms with E-state index in [1.54, 1.807) is 36.1 Å². The molecule has 1 heterocycles. The van der Waals surface area contributed by atoms with Crippen molar-refractivity contribution in [2.45, 2.75) is 19.8 Å². The van der Waals surface area contributed by atoms with E-state index in [-0.39, 0.29) is 23.9 Å². The van der Waals surface area contributed by atoms with Gasteiger partial charge in [0.2, 0.25) is 11.8 Å². The largest absolute Gasteiger partial charge is 0.452 e. The lowest BCUT2D eigenvalue weighted by atomic mass is 10.2. The first-order valence-electron chi connectivity index (χ1n) is 8.12. The summed E-state index contributed by atoms with van der Waals surface area (Å²) in [5, 5.41) is 4.89. The average molecular weight is 347 g/mol. The average Bonchev–Trinajstić information content (AvgIpc) is 3.04. The highest BCUT2D eigenvalue weighted by molar-refractivity contribution is 5.96. The van der Waals surface area contributed by atoms with Crippen LogP contribution in [0.5, 0.6) is 0 Å². The van der Waals surface area contributed by atoms with Crippen molar-refractivity contribution in [3.63, 3.8) is 0 Å². The number of hydrogen-bond donors (Lipinski definition) is 2. The zero-order valence-corrected chi connectivity index (χ0v) is 14.0. The quantitative estimate of drug-likeness (QED) is 0.687. The fourth-order valence-corrected chi connectivity index (χ4v) is 2.40. The van der Waals surface area contributed by atoms with Crippen LogP contribution < -0.4 is 15.5 Å². The van der Waals surface area contributed by atoms with E-state index in [0.717, 1.165) is 12.1 Å². The molecule has 0 aromatic heterocycles. The second-order valence-electron chi connectivity index (χ2n) is 5.50. The molecule has 1 saturated heterocycles. The minimum atomic E-state index is -0.646. The number of likely N-dealkylation sites (N-methyl/N-ethyl adjacent to an activating group) is 1. The minimum absolute atomic E-state index is 0.0686.